The first-order chi connectivity index (χ1) is 7.34. The quantitative estimate of drug-likeness (QED) is 0.807. The van der Waals surface area contributed by atoms with Crippen molar-refractivity contribution in [2.75, 3.05) is 13.1 Å². The van der Waals surface area contributed by atoms with Crippen molar-refractivity contribution in [3.8, 4) is 0 Å². The normalized spacial score (nSPS) is 21.5. The summed E-state index contributed by atoms with van der Waals surface area (Å²) in [5.74, 6) is 0. The molecule has 0 aromatic carbocycles. The highest BCUT2D eigenvalue weighted by atomic mass is 35.5. The number of nitrogens with zero attached hydrogens (tertiary/aromatic N) is 2. The van der Waals surface area contributed by atoms with E-state index < -0.39 is 0 Å². The maximum Gasteiger partial charge on any atom is 0.151 e. The van der Waals surface area contributed by atoms with Crippen LogP contribution < -0.4 is 10.6 Å². The van der Waals surface area contributed by atoms with Crippen LogP contribution in [0.1, 0.15) is 18.5 Å². The van der Waals surface area contributed by atoms with Gasteiger partial charge in [0.1, 0.15) is 0 Å². The molecule has 0 radical (unpaired) electrons. The Kier molecular flexibility index (Phi) is 3.88. The van der Waals surface area contributed by atoms with Gasteiger partial charge in [0, 0.05) is 19.1 Å². The molecule has 4 nitrogen and oxygen atoms in total. The van der Waals surface area contributed by atoms with E-state index in [2.05, 4.69) is 20.8 Å². The van der Waals surface area contributed by atoms with Crippen LogP contribution in [-0.4, -0.2) is 29.3 Å². The van der Waals surface area contributed by atoms with Crippen LogP contribution in [0.2, 0.25) is 5.15 Å². The zero-order valence-electron chi connectivity index (χ0n) is 8.54. The minimum Gasteiger partial charge on any atom is -0.315 e. The predicted octanol–water partition coefficient (Wildman–Crippen LogP) is 0.972. The smallest absolute Gasteiger partial charge is 0.151 e. The average Bonchev–Trinajstić information content (AvgIpc) is 2.30. The monoisotopic (exact) mass is 226 g/mol. The molecule has 5 heteroatoms. The Bertz CT molecular complexity index is 295. The molecule has 1 atom stereocenters. The van der Waals surface area contributed by atoms with Crippen LogP contribution in [0.3, 0.4) is 0 Å². The van der Waals surface area contributed by atoms with Gasteiger partial charge < -0.3 is 10.6 Å². The van der Waals surface area contributed by atoms with E-state index in [1.807, 2.05) is 6.07 Å². The van der Waals surface area contributed by atoms with E-state index in [1.54, 1.807) is 6.07 Å². The third-order valence-electron chi connectivity index (χ3n) is 2.56. The van der Waals surface area contributed by atoms with E-state index in [0.29, 0.717) is 11.2 Å². The first-order valence-corrected chi connectivity index (χ1v) is 5.64. The van der Waals surface area contributed by atoms with Gasteiger partial charge in [-0.15, -0.1) is 5.10 Å². The van der Waals surface area contributed by atoms with Crippen molar-refractivity contribution in [2.24, 2.45) is 0 Å². The number of aromatic nitrogens is 2. The summed E-state index contributed by atoms with van der Waals surface area (Å²) in [5, 5.41) is 15.1. The largest absolute Gasteiger partial charge is 0.315 e. The summed E-state index contributed by atoms with van der Waals surface area (Å²) in [6.07, 6.45) is 2.47. The topological polar surface area (TPSA) is 49.8 Å². The second-order valence-electron chi connectivity index (χ2n) is 3.77. The maximum atomic E-state index is 5.66. The average molecular weight is 227 g/mol. The zero-order chi connectivity index (χ0) is 10.5. The van der Waals surface area contributed by atoms with Gasteiger partial charge in [-0.2, -0.15) is 5.10 Å². The Morgan fingerprint density at radius 3 is 3.07 bits per heavy atom. The number of rotatable bonds is 3. The second kappa shape index (κ2) is 5.39. The minimum atomic E-state index is 0.443. The summed E-state index contributed by atoms with van der Waals surface area (Å²) in [6.45, 7) is 2.94. The Morgan fingerprint density at radius 2 is 2.40 bits per heavy atom. The van der Waals surface area contributed by atoms with Crippen LogP contribution in [-0.2, 0) is 6.54 Å². The summed E-state index contributed by atoms with van der Waals surface area (Å²) in [7, 11) is 0. The van der Waals surface area contributed by atoms with Gasteiger partial charge in [0.05, 0.1) is 5.69 Å². The number of hydrogen-bond acceptors (Lipinski definition) is 4. The van der Waals surface area contributed by atoms with E-state index in [0.717, 1.165) is 25.3 Å². The van der Waals surface area contributed by atoms with E-state index >= 15 is 0 Å². The minimum absolute atomic E-state index is 0.443. The van der Waals surface area contributed by atoms with Crippen molar-refractivity contribution in [1.82, 2.24) is 20.8 Å². The van der Waals surface area contributed by atoms with Gasteiger partial charge in [0.25, 0.3) is 0 Å². The molecule has 0 aliphatic carbocycles. The fourth-order valence-corrected chi connectivity index (χ4v) is 1.81. The molecule has 0 saturated carbocycles. The van der Waals surface area contributed by atoms with E-state index in [-0.39, 0.29) is 0 Å². The first-order valence-electron chi connectivity index (χ1n) is 5.27. The Morgan fingerprint density at radius 1 is 1.47 bits per heavy atom. The standard InChI is InChI=1S/C10H15ClN4/c11-10-4-3-9(14-15-10)7-13-8-2-1-5-12-6-8/h3-4,8,12-13H,1-2,5-7H2/t8-/m1/s1. The summed E-state index contributed by atoms with van der Waals surface area (Å²) in [5.41, 5.74) is 0.935. The summed E-state index contributed by atoms with van der Waals surface area (Å²) < 4.78 is 0. The van der Waals surface area contributed by atoms with Crippen LogP contribution in [0.25, 0.3) is 0 Å². The molecule has 1 aromatic heterocycles. The molecule has 1 saturated heterocycles. The van der Waals surface area contributed by atoms with Crippen molar-refractivity contribution in [3.63, 3.8) is 0 Å². The van der Waals surface area contributed by atoms with Gasteiger partial charge in [0.15, 0.2) is 5.15 Å². The van der Waals surface area contributed by atoms with E-state index in [4.69, 9.17) is 11.6 Å². The van der Waals surface area contributed by atoms with Crippen molar-refractivity contribution >= 4 is 11.6 Å². The second-order valence-corrected chi connectivity index (χ2v) is 4.16. The van der Waals surface area contributed by atoms with Crippen molar-refractivity contribution in [2.45, 2.75) is 25.4 Å². The van der Waals surface area contributed by atoms with Gasteiger partial charge >= 0.3 is 0 Å². The van der Waals surface area contributed by atoms with Crippen LogP contribution >= 0.6 is 11.6 Å². The van der Waals surface area contributed by atoms with E-state index in [9.17, 15) is 0 Å². The first kappa shape index (κ1) is 10.8. The van der Waals surface area contributed by atoms with Crippen molar-refractivity contribution in [3.05, 3.63) is 23.0 Å². The van der Waals surface area contributed by atoms with Gasteiger partial charge in [-0.3, -0.25) is 0 Å². The molecule has 1 aliphatic rings. The molecule has 2 N–H and O–H groups in total. The van der Waals surface area contributed by atoms with Crippen LogP contribution in [0.5, 0.6) is 0 Å². The molecule has 82 valence electrons. The Hall–Kier alpha value is -0.710. The fourth-order valence-electron chi connectivity index (χ4n) is 1.71. The van der Waals surface area contributed by atoms with E-state index in [1.165, 1.54) is 12.8 Å². The van der Waals surface area contributed by atoms with Crippen molar-refractivity contribution < 1.29 is 0 Å². The van der Waals surface area contributed by atoms with Crippen LogP contribution in [0.4, 0.5) is 0 Å². The van der Waals surface area contributed by atoms with Gasteiger partial charge in [-0.05, 0) is 31.5 Å². The molecule has 2 rings (SSSR count). The van der Waals surface area contributed by atoms with Gasteiger partial charge in [-0.25, -0.2) is 0 Å². The molecule has 0 bridgehead atoms. The lowest BCUT2D eigenvalue weighted by Gasteiger charge is -2.23. The molecule has 1 aromatic rings. The molecule has 0 spiro atoms. The molecule has 1 fully saturated rings. The van der Waals surface area contributed by atoms with Gasteiger partial charge in [-0.1, -0.05) is 11.6 Å². The highest BCUT2D eigenvalue weighted by Gasteiger charge is 2.11. The predicted molar refractivity (Wildman–Crippen MR) is 59.8 cm³/mol. The van der Waals surface area contributed by atoms with Crippen molar-refractivity contribution in [1.29, 1.82) is 0 Å². The highest BCUT2D eigenvalue weighted by molar-refractivity contribution is 6.29. The molecule has 2 heterocycles. The summed E-state index contributed by atoms with van der Waals surface area (Å²) in [4.78, 5) is 0. The molecular weight excluding hydrogens is 212 g/mol. The maximum absolute atomic E-state index is 5.66. The third-order valence-corrected chi connectivity index (χ3v) is 2.76. The number of piperidine rings is 1. The number of nitrogens with one attached hydrogen (secondary N) is 2. The molecule has 0 amide bonds. The lowest BCUT2D eigenvalue weighted by molar-refractivity contribution is 0.387. The number of halogens is 1. The lowest BCUT2D eigenvalue weighted by Crippen LogP contribution is -2.42. The third kappa shape index (κ3) is 3.41. The lowest BCUT2D eigenvalue weighted by atomic mass is 10.1. The molecule has 15 heavy (non-hydrogen) atoms. The molecular formula is C10H15ClN4. The summed E-state index contributed by atoms with van der Waals surface area (Å²) in [6, 6.07) is 4.22. The van der Waals surface area contributed by atoms with Gasteiger partial charge in [0.2, 0.25) is 0 Å². The van der Waals surface area contributed by atoms with Crippen LogP contribution in [0.15, 0.2) is 12.1 Å². The molecule has 0 unspecified atom stereocenters. The Balaban J connectivity index is 1.79. The number of hydrogen-bond donors (Lipinski definition) is 2. The Labute approximate surface area is 94.4 Å². The highest BCUT2D eigenvalue weighted by Crippen LogP contribution is 2.04. The SMILES string of the molecule is Clc1ccc(CN[C@@H]2CCCNC2)nn1. The molecule has 1 aliphatic heterocycles. The summed E-state index contributed by atoms with van der Waals surface area (Å²) >= 11 is 5.66. The fraction of sp³-hybridized carbons (Fsp3) is 0.600. The zero-order valence-corrected chi connectivity index (χ0v) is 9.30. The van der Waals surface area contributed by atoms with Crippen LogP contribution in [0, 0.1) is 0 Å².